The molecule has 0 radical (unpaired) electrons. The SMILES string of the molecule is CN(Cc1cccc(F)c1)c1cnc2cc(-c3ncnc4[nH]ncc34)ccc2n1.Cl. The first-order chi connectivity index (χ1) is 14.2. The van der Waals surface area contributed by atoms with Gasteiger partial charge < -0.3 is 4.90 Å². The van der Waals surface area contributed by atoms with E-state index in [1.165, 1.54) is 18.5 Å². The summed E-state index contributed by atoms with van der Waals surface area (Å²) in [4.78, 5) is 19.8. The average Bonchev–Trinajstić information content (AvgIpc) is 3.22. The molecule has 0 saturated heterocycles. The van der Waals surface area contributed by atoms with Gasteiger partial charge in [-0.3, -0.25) is 10.1 Å². The van der Waals surface area contributed by atoms with Crippen molar-refractivity contribution in [2.45, 2.75) is 6.54 Å². The third-order valence-electron chi connectivity index (χ3n) is 4.75. The van der Waals surface area contributed by atoms with E-state index in [2.05, 4.69) is 25.1 Å². The molecule has 0 spiro atoms. The molecular formula is C21H17ClFN7. The van der Waals surface area contributed by atoms with Crippen LogP contribution in [0, 0.1) is 5.82 Å². The van der Waals surface area contributed by atoms with Gasteiger partial charge in [-0.05, 0) is 29.8 Å². The van der Waals surface area contributed by atoms with Crippen LogP contribution in [0.25, 0.3) is 33.3 Å². The van der Waals surface area contributed by atoms with Gasteiger partial charge in [0.05, 0.1) is 34.5 Å². The van der Waals surface area contributed by atoms with E-state index in [0.717, 1.165) is 33.2 Å². The second-order valence-corrected chi connectivity index (χ2v) is 6.77. The number of aromatic nitrogens is 6. The van der Waals surface area contributed by atoms with Gasteiger partial charge in [-0.15, -0.1) is 12.4 Å². The fraction of sp³-hybridized carbons (Fsp3) is 0.0952. The predicted octanol–water partition coefficient (Wildman–Crippen LogP) is 4.16. The minimum Gasteiger partial charge on any atom is -0.354 e. The lowest BCUT2D eigenvalue weighted by Gasteiger charge is -2.18. The molecule has 0 atom stereocenters. The van der Waals surface area contributed by atoms with Crippen molar-refractivity contribution in [2.24, 2.45) is 0 Å². The number of fused-ring (bicyclic) bond motifs is 2. The highest BCUT2D eigenvalue weighted by Crippen LogP contribution is 2.27. The van der Waals surface area contributed by atoms with Crippen LogP contribution in [0.4, 0.5) is 10.2 Å². The largest absolute Gasteiger partial charge is 0.354 e. The molecule has 7 nitrogen and oxygen atoms in total. The maximum atomic E-state index is 13.4. The van der Waals surface area contributed by atoms with E-state index >= 15 is 0 Å². The maximum Gasteiger partial charge on any atom is 0.159 e. The lowest BCUT2D eigenvalue weighted by atomic mass is 10.1. The van der Waals surface area contributed by atoms with Crippen molar-refractivity contribution in [3.05, 3.63) is 72.6 Å². The molecule has 3 heterocycles. The number of nitrogens with one attached hydrogen (secondary N) is 1. The van der Waals surface area contributed by atoms with Crippen LogP contribution in [-0.2, 0) is 6.54 Å². The zero-order valence-corrected chi connectivity index (χ0v) is 16.8. The summed E-state index contributed by atoms with van der Waals surface area (Å²) in [7, 11) is 1.91. The monoisotopic (exact) mass is 421 g/mol. The van der Waals surface area contributed by atoms with E-state index in [9.17, 15) is 4.39 Å². The lowest BCUT2D eigenvalue weighted by molar-refractivity contribution is 0.625. The molecule has 0 fully saturated rings. The lowest BCUT2D eigenvalue weighted by Crippen LogP contribution is -2.18. The molecule has 0 saturated carbocycles. The topological polar surface area (TPSA) is 83.5 Å². The number of hydrogen-bond acceptors (Lipinski definition) is 6. The number of anilines is 1. The van der Waals surface area contributed by atoms with E-state index in [-0.39, 0.29) is 18.2 Å². The molecule has 1 N–H and O–H groups in total. The number of H-pyrrole nitrogens is 1. The van der Waals surface area contributed by atoms with E-state index in [1.807, 2.05) is 36.2 Å². The Labute approximate surface area is 177 Å². The molecule has 2 aromatic carbocycles. The number of benzene rings is 2. The van der Waals surface area contributed by atoms with Gasteiger partial charge in [0.2, 0.25) is 0 Å². The van der Waals surface area contributed by atoms with E-state index < -0.39 is 0 Å². The first-order valence-electron chi connectivity index (χ1n) is 9.04. The van der Waals surface area contributed by atoms with E-state index in [1.54, 1.807) is 18.5 Å². The first-order valence-corrected chi connectivity index (χ1v) is 9.04. The van der Waals surface area contributed by atoms with E-state index in [0.29, 0.717) is 18.0 Å². The fourth-order valence-electron chi connectivity index (χ4n) is 3.32. The first kappa shape index (κ1) is 19.7. The summed E-state index contributed by atoms with van der Waals surface area (Å²) in [5.41, 5.74) is 4.81. The summed E-state index contributed by atoms with van der Waals surface area (Å²) in [6.45, 7) is 0.537. The van der Waals surface area contributed by atoms with Gasteiger partial charge in [0, 0.05) is 19.2 Å². The summed E-state index contributed by atoms with van der Waals surface area (Å²) in [5.74, 6) is 0.471. The Hall–Kier alpha value is -3.65. The normalized spacial score (nSPS) is 10.9. The standard InChI is InChI=1S/C21H16FN7.ClH/c1-29(11-13-3-2-4-15(22)7-13)19-10-23-18-8-14(5-6-17(18)27-19)20-16-9-26-28-21(16)25-12-24-20;/h2-10,12H,11H2,1H3,(H,24,25,26,28);1H. The number of aromatic amines is 1. The van der Waals surface area contributed by atoms with Crippen molar-refractivity contribution in [3.63, 3.8) is 0 Å². The molecule has 0 aliphatic rings. The number of halogens is 2. The smallest absolute Gasteiger partial charge is 0.159 e. The van der Waals surface area contributed by atoms with Crippen molar-refractivity contribution in [2.75, 3.05) is 11.9 Å². The quantitative estimate of drug-likeness (QED) is 0.469. The fourth-order valence-corrected chi connectivity index (χ4v) is 3.32. The Morgan fingerprint density at radius 2 is 1.90 bits per heavy atom. The van der Waals surface area contributed by atoms with Gasteiger partial charge in [-0.1, -0.05) is 18.2 Å². The Morgan fingerprint density at radius 3 is 2.77 bits per heavy atom. The maximum absolute atomic E-state index is 13.4. The molecule has 150 valence electrons. The van der Waals surface area contributed by atoms with Crippen LogP contribution in [-0.4, -0.2) is 37.2 Å². The molecule has 5 aromatic rings. The Kier molecular flexibility index (Phi) is 5.24. The highest BCUT2D eigenvalue weighted by atomic mass is 35.5. The molecule has 9 heteroatoms. The molecule has 5 rings (SSSR count). The minimum absolute atomic E-state index is 0. The van der Waals surface area contributed by atoms with Gasteiger partial charge in [-0.25, -0.2) is 19.3 Å². The van der Waals surface area contributed by atoms with Gasteiger partial charge in [0.1, 0.15) is 18.0 Å². The molecule has 3 aromatic heterocycles. The molecule has 0 aliphatic heterocycles. The minimum atomic E-state index is -0.246. The van der Waals surface area contributed by atoms with Crippen LogP contribution in [0.5, 0.6) is 0 Å². The third kappa shape index (κ3) is 3.65. The van der Waals surface area contributed by atoms with Gasteiger partial charge in [0.15, 0.2) is 5.65 Å². The number of rotatable bonds is 4. The van der Waals surface area contributed by atoms with Crippen molar-refractivity contribution in [1.82, 2.24) is 30.1 Å². The summed E-state index contributed by atoms with van der Waals surface area (Å²) < 4.78 is 13.4. The molecule has 0 amide bonds. The Bertz CT molecular complexity index is 1340. The zero-order valence-electron chi connectivity index (χ0n) is 16.0. The highest BCUT2D eigenvalue weighted by Gasteiger charge is 2.11. The zero-order chi connectivity index (χ0) is 19.8. The van der Waals surface area contributed by atoms with Crippen LogP contribution in [0.2, 0.25) is 0 Å². The summed E-state index contributed by atoms with van der Waals surface area (Å²) in [5, 5.41) is 7.74. The van der Waals surface area contributed by atoms with Gasteiger partial charge in [0.25, 0.3) is 0 Å². The summed E-state index contributed by atoms with van der Waals surface area (Å²) >= 11 is 0. The van der Waals surface area contributed by atoms with Crippen molar-refractivity contribution in [1.29, 1.82) is 0 Å². The molecular weight excluding hydrogens is 405 g/mol. The van der Waals surface area contributed by atoms with Gasteiger partial charge >= 0.3 is 0 Å². The van der Waals surface area contributed by atoms with Gasteiger partial charge in [-0.2, -0.15) is 5.10 Å². The second-order valence-electron chi connectivity index (χ2n) is 6.77. The summed E-state index contributed by atoms with van der Waals surface area (Å²) in [6.07, 6.45) is 4.94. The van der Waals surface area contributed by atoms with E-state index in [4.69, 9.17) is 4.98 Å². The van der Waals surface area contributed by atoms with Crippen LogP contribution in [0.15, 0.2) is 61.2 Å². The van der Waals surface area contributed by atoms with Crippen molar-refractivity contribution in [3.8, 4) is 11.3 Å². The number of hydrogen-bond donors (Lipinski definition) is 1. The highest BCUT2D eigenvalue weighted by molar-refractivity contribution is 5.92. The van der Waals surface area contributed by atoms with Crippen LogP contribution >= 0.6 is 12.4 Å². The second kappa shape index (κ2) is 8.00. The number of nitrogens with zero attached hydrogens (tertiary/aromatic N) is 6. The van der Waals surface area contributed by atoms with Crippen molar-refractivity contribution < 1.29 is 4.39 Å². The van der Waals surface area contributed by atoms with Crippen LogP contribution in [0.3, 0.4) is 0 Å². The average molecular weight is 422 g/mol. The Morgan fingerprint density at radius 1 is 1.00 bits per heavy atom. The molecule has 0 bridgehead atoms. The van der Waals surface area contributed by atoms with Crippen molar-refractivity contribution >= 4 is 40.3 Å². The molecule has 30 heavy (non-hydrogen) atoms. The third-order valence-corrected chi connectivity index (χ3v) is 4.75. The Balaban J connectivity index is 0.00000218. The molecule has 0 aliphatic carbocycles. The summed E-state index contributed by atoms with van der Waals surface area (Å²) in [6, 6.07) is 12.4. The molecule has 0 unspecified atom stereocenters. The van der Waals surface area contributed by atoms with Crippen LogP contribution in [0.1, 0.15) is 5.56 Å². The predicted molar refractivity (Wildman–Crippen MR) is 116 cm³/mol. The van der Waals surface area contributed by atoms with Crippen LogP contribution < -0.4 is 4.90 Å².